The van der Waals surface area contributed by atoms with Gasteiger partial charge in [0.05, 0.1) is 6.42 Å². The first-order valence-corrected chi connectivity index (χ1v) is 6.80. The smallest absolute Gasteiger partial charge is 0.316 e. The summed E-state index contributed by atoms with van der Waals surface area (Å²) in [4.78, 5) is 23.2. The van der Waals surface area contributed by atoms with Crippen LogP contribution in [0.3, 0.4) is 0 Å². The van der Waals surface area contributed by atoms with Crippen molar-refractivity contribution in [3.05, 3.63) is 35.9 Å². The average molecular weight is 294 g/mol. The molecule has 2 amide bonds. The van der Waals surface area contributed by atoms with Gasteiger partial charge in [0, 0.05) is 21.1 Å². The highest BCUT2D eigenvalue weighted by Gasteiger charge is 2.15. The summed E-state index contributed by atoms with van der Waals surface area (Å²) in [5, 5.41) is 2.45. The number of ether oxygens (including phenoxy) is 1. The summed E-state index contributed by atoms with van der Waals surface area (Å²) in [6.07, 6.45) is 0.345. The molecule has 0 heterocycles. The maximum Gasteiger partial charge on any atom is 0.316 e. The van der Waals surface area contributed by atoms with Crippen molar-refractivity contribution in [3.8, 4) is 0 Å². The molecule has 1 N–H and O–H groups in total. The van der Waals surface area contributed by atoms with Crippen LogP contribution in [0.15, 0.2) is 30.3 Å². The third-order valence-electron chi connectivity index (χ3n) is 2.23. The Morgan fingerprint density at radius 3 is 2.00 bits per heavy atom. The summed E-state index contributed by atoms with van der Waals surface area (Å²) in [5.74, 6) is -0.177. The SMILES string of the molecule is CC(C)(C)OC(=O)Cc1ccccc1.CNC(=O)N(C)C. The minimum absolute atomic E-state index is 0.0694. The van der Waals surface area contributed by atoms with Crippen LogP contribution in [-0.2, 0) is 16.0 Å². The van der Waals surface area contributed by atoms with Crippen LogP contribution in [-0.4, -0.2) is 43.6 Å². The molecule has 0 spiro atoms. The van der Waals surface area contributed by atoms with Gasteiger partial charge in [0.25, 0.3) is 0 Å². The van der Waals surface area contributed by atoms with Gasteiger partial charge in [0.1, 0.15) is 5.60 Å². The number of benzene rings is 1. The number of amides is 2. The summed E-state index contributed by atoms with van der Waals surface area (Å²) < 4.78 is 5.20. The largest absolute Gasteiger partial charge is 0.460 e. The Kier molecular flexibility index (Phi) is 8.12. The lowest BCUT2D eigenvalue weighted by atomic mass is 10.1. The van der Waals surface area contributed by atoms with Crippen molar-refractivity contribution in [2.45, 2.75) is 32.8 Å². The molecule has 1 rings (SSSR count). The molecule has 0 unspecified atom stereocenters. The van der Waals surface area contributed by atoms with E-state index in [2.05, 4.69) is 5.32 Å². The molecule has 0 bridgehead atoms. The lowest BCUT2D eigenvalue weighted by Gasteiger charge is -2.19. The standard InChI is InChI=1S/C12H16O2.C4H10N2O/c1-12(2,3)14-11(13)9-10-7-5-4-6-8-10;1-5-4(7)6(2)3/h4-8H,9H2,1-3H3;1-3H3,(H,5,7). The van der Waals surface area contributed by atoms with Crippen LogP contribution in [0, 0.1) is 0 Å². The van der Waals surface area contributed by atoms with Crippen LogP contribution in [0.2, 0.25) is 0 Å². The fourth-order valence-corrected chi connectivity index (χ4v) is 1.36. The number of nitrogens with zero attached hydrogens (tertiary/aromatic N) is 1. The van der Waals surface area contributed by atoms with Gasteiger partial charge in [0.15, 0.2) is 0 Å². The van der Waals surface area contributed by atoms with Gasteiger partial charge in [-0.15, -0.1) is 0 Å². The van der Waals surface area contributed by atoms with E-state index in [9.17, 15) is 9.59 Å². The number of hydrogen-bond acceptors (Lipinski definition) is 3. The predicted molar refractivity (Wildman–Crippen MR) is 84.1 cm³/mol. The van der Waals surface area contributed by atoms with Crippen molar-refractivity contribution in [1.82, 2.24) is 10.2 Å². The maximum atomic E-state index is 11.4. The monoisotopic (exact) mass is 294 g/mol. The Labute approximate surface area is 127 Å². The van der Waals surface area contributed by atoms with E-state index in [1.807, 2.05) is 51.1 Å². The molecule has 118 valence electrons. The van der Waals surface area contributed by atoms with Crippen molar-refractivity contribution < 1.29 is 14.3 Å². The Hall–Kier alpha value is -2.04. The van der Waals surface area contributed by atoms with Gasteiger partial charge in [-0.1, -0.05) is 30.3 Å². The number of carbonyl (C=O) groups excluding carboxylic acids is 2. The number of esters is 1. The summed E-state index contributed by atoms with van der Waals surface area (Å²) in [5.41, 5.74) is 0.591. The second kappa shape index (κ2) is 9.00. The highest BCUT2D eigenvalue weighted by Crippen LogP contribution is 2.09. The molecule has 0 aromatic heterocycles. The molecule has 0 atom stereocenters. The molecular formula is C16H26N2O3. The van der Waals surface area contributed by atoms with Crippen LogP contribution in [0.4, 0.5) is 4.79 Å². The van der Waals surface area contributed by atoms with Crippen LogP contribution >= 0.6 is 0 Å². The molecule has 0 saturated carbocycles. The second-order valence-electron chi connectivity index (χ2n) is 5.70. The summed E-state index contributed by atoms with van der Waals surface area (Å²) in [6, 6.07) is 9.53. The number of rotatable bonds is 2. The van der Waals surface area contributed by atoms with Gasteiger partial charge in [0.2, 0.25) is 0 Å². The van der Waals surface area contributed by atoms with E-state index < -0.39 is 5.60 Å². The molecule has 1 aromatic rings. The molecule has 0 aliphatic rings. The summed E-state index contributed by atoms with van der Waals surface area (Å²) >= 11 is 0. The van der Waals surface area contributed by atoms with E-state index >= 15 is 0 Å². The van der Waals surface area contributed by atoms with E-state index in [1.165, 1.54) is 4.90 Å². The Morgan fingerprint density at radius 2 is 1.67 bits per heavy atom. The molecule has 0 aliphatic carbocycles. The topological polar surface area (TPSA) is 58.6 Å². The molecule has 5 heteroatoms. The van der Waals surface area contributed by atoms with Gasteiger partial charge in [-0.2, -0.15) is 0 Å². The zero-order chi connectivity index (χ0) is 16.5. The predicted octanol–water partition coefficient (Wildman–Crippen LogP) is 2.46. The van der Waals surface area contributed by atoms with Crippen LogP contribution in [0.25, 0.3) is 0 Å². The van der Waals surface area contributed by atoms with Crippen molar-refractivity contribution in [2.24, 2.45) is 0 Å². The fourth-order valence-electron chi connectivity index (χ4n) is 1.36. The van der Waals surface area contributed by atoms with Gasteiger partial charge in [-0.05, 0) is 26.3 Å². The Balaban J connectivity index is 0.000000486. The third-order valence-corrected chi connectivity index (χ3v) is 2.23. The number of hydrogen-bond donors (Lipinski definition) is 1. The number of carbonyl (C=O) groups is 2. The van der Waals surface area contributed by atoms with E-state index in [4.69, 9.17) is 4.74 Å². The fraction of sp³-hybridized carbons (Fsp3) is 0.500. The quantitative estimate of drug-likeness (QED) is 0.852. The van der Waals surface area contributed by atoms with Gasteiger partial charge in [-0.3, -0.25) is 4.79 Å². The van der Waals surface area contributed by atoms with E-state index in [-0.39, 0.29) is 12.0 Å². The van der Waals surface area contributed by atoms with Crippen LogP contribution < -0.4 is 5.32 Å². The molecular weight excluding hydrogens is 268 g/mol. The zero-order valence-electron chi connectivity index (χ0n) is 13.8. The minimum atomic E-state index is -0.397. The summed E-state index contributed by atoms with van der Waals surface area (Å²) in [6.45, 7) is 5.61. The molecule has 21 heavy (non-hydrogen) atoms. The van der Waals surface area contributed by atoms with Gasteiger partial charge < -0.3 is 15.0 Å². The van der Waals surface area contributed by atoms with Crippen molar-refractivity contribution in [3.63, 3.8) is 0 Å². The molecule has 5 nitrogen and oxygen atoms in total. The molecule has 1 aromatic carbocycles. The molecule has 0 radical (unpaired) electrons. The van der Waals surface area contributed by atoms with Gasteiger partial charge >= 0.3 is 12.0 Å². The third kappa shape index (κ3) is 10.4. The van der Waals surface area contributed by atoms with Crippen molar-refractivity contribution in [2.75, 3.05) is 21.1 Å². The minimum Gasteiger partial charge on any atom is -0.460 e. The van der Waals surface area contributed by atoms with E-state index in [0.717, 1.165) is 5.56 Å². The lowest BCUT2D eigenvalue weighted by Crippen LogP contribution is -2.31. The van der Waals surface area contributed by atoms with E-state index in [1.54, 1.807) is 21.1 Å². The van der Waals surface area contributed by atoms with Crippen molar-refractivity contribution in [1.29, 1.82) is 0 Å². The van der Waals surface area contributed by atoms with Gasteiger partial charge in [-0.25, -0.2) is 4.79 Å². The first-order chi connectivity index (χ1) is 9.65. The summed E-state index contributed by atoms with van der Waals surface area (Å²) in [7, 11) is 4.99. The Bertz CT molecular complexity index is 437. The number of urea groups is 1. The highest BCUT2D eigenvalue weighted by atomic mass is 16.6. The normalized spacial score (nSPS) is 10.0. The lowest BCUT2D eigenvalue weighted by molar-refractivity contribution is -0.153. The van der Waals surface area contributed by atoms with Crippen molar-refractivity contribution >= 4 is 12.0 Å². The molecule has 0 fully saturated rings. The molecule has 0 saturated heterocycles. The average Bonchev–Trinajstić information content (AvgIpc) is 2.37. The maximum absolute atomic E-state index is 11.4. The first kappa shape index (κ1) is 19.0. The van der Waals surface area contributed by atoms with E-state index in [0.29, 0.717) is 6.42 Å². The molecule has 0 aliphatic heterocycles. The second-order valence-corrected chi connectivity index (χ2v) is 5.70. The zero-order valence-corrected chi connectivity index (χ0v) is 13.8. The first-order valence-electron chi connectivity index (χ1n) is 6.80. The van der Waals surface area contributed by atoms with Crippen LogP contribution in [0.1, 0.15) is 26.3 Å². The number of nitrogens with one attached hydrogen (secondary N) is 1. The highest BCUT2D eigenvalue weighted by molar-refractivity contribution is 5.73. The van der Waals surface area contributed by atoms with Crippen LogP contribution in [0.5, 0.6) is 0 Å². The Morgan fingerprint density at radius 1 is 1.14 bits per heavy atom.